The number of nitrogens with zero attached hydrogens (tertiary/aromatic N) is 4. The Balaban J connectivity index is 1.54. The Hall–Kier alpha value is -2.95. The maximum atomic E-state index is 13.0. The molecule has 5 nitrogen and oxygen atoms in total. The summed E-state index contributed by atoms with van der Waals surface area (Å²) in [5, 5.41) is 0. The van der Waals surface area contributed by atoms with Crippen LogP contribution in [0.15, 0.2) is 61.2 Å². The van der Waals surface area contributed by atoms with Gasteiger partial charge in [-0.15, -0.1) is 0 Å². The standard InChI is InChI=1S/C21H22N4O/c1-16-19(9-10-20(23-16)17-6-3-2-4-7-17)21(26)24-12-5-8-18(14-24)25-13-11-22-15-25/h2-4,6-7,9-11,13,15,18H,5,8,12,14H2,1H3. The van der Waals surface area contributed by atoms with E-state index in [0.29, 0.717) is 11.6 Å². The third-order valence-electron chi connectivity index (χ3n) is 5.02. The molecule has 1 saturated heterocycles. The van der Waals surface area contributed by atoms with Crippen LogP contribution < -0.4 is 0 Å². The van der Waals surface area contributed by atoms with Gasteiger partial charge in [0.15, 0.2) is 0 Å². The summed E-state index contributed by atoms with van der Waals surface area (Å²) >= 11 is 0. The first-order valence-corrected chi connectivity index (χ1v) is 9.02. The van der Waals surface area contributed by atoms with Crippen molar-refractivity contribution in [2.24, 2.45) is 0 Å². The Bertz CT molecular complexity index is 890. The summed E-state index contributed by atoms with van der Waals surface area (Å²) in [6.45, 7) is 3.43. The number of aryl methyl sites for hydroxylation is 1. The van der Waals surface area contributed by atoms with Gasteiger partial charge in [-0.2, -0.15) is 0 Å². The fraction of sp³-hybridized carbons (Fsp3) is 0.286. The van der Waals surface area contributed by atoms with Crippen molar-refractivity contribution in [1.82, 2.24) is 19.4 Å². The van der Waals surface area contributed by atoms with Gasteiger partial charge < -0.3 is 9.47 Å². The second-order valence-electron chi connectivity index (χ2n) is 6.75. The molecule has 1 amide bonds. The van der Waals surface area contributed by atoms with Crippen LogP contribution in [-0.4, -0.2) is 38.4 Å². The maximum absolute atomic E-state index is 13.0. The normalized spacial score (nSPS) is 17.3. The molecule has 1 aliphatic rings. The maximum Gasteiger partial charge on any atom is 0.255 e. The van der Waals surface area contributed by atoms with Crippen LogP contribution in [0.3, 0.4) is 0 Å². The van der Waals surface area contributed by atoms with Crippen LogP contribution >= 0.6 is 0 Å². The molecule has 2 aromatic heterocycles. The highest BCUT2D eigenvalue weighted by Crippen LogP contribution is 2.24. The summed E-state index contributed by atoms with van der Waals surface area (Å²) in [5.74, 6) is 0.0689. The van der Waals surface area contributed by atoms with Crippen molar-refractivity contribution in [1.29, 1.82) is 0 Å². The molecule has 0 saturated carbocycles. The monoisotopic (exact) mass is 346 g/mol. The van der Waals surface area contributed by atoms with E-state index in [1.165, 1.54) is 0 Å². The Kier molecular flexibility index (Phi) is 4.52. The highest BCUT2D eigenvalue weighted by Gasteiger charge is 2.26. The van der Waals surface area contributed by atoms with E-state index in [0.717, 1.165) is 42.9 Å². The molecule has 1 atom stereocenters. The number of carbonyl (C=O) groups is 1. The van der Waals surface area contributed by atoms with E-state index >= 15 is 0 Å². The largest absolute Gasteiger partial charge is 0.337 e. The molecule has 0 radical (unpaired) electrons. The lowest BCUT2D eigenvalue weighted by atomic mass is 10.0. The van der Waals surface area contributed by atoms with Crippen LogP contribution in [0.5, 0.6) is 0 Å². The van der Waals surface area contributed by atoms with Gasteiger partial charge in [0, 0.05) is 31.0 Å². The Labute approximate surface area is 153 Å². The molecule has 1 aliphatic heterocycles. The number of rotatable bonds is 3. The second kappa shape index (κ2) is 7.12. The number of hydrogen-bond donors (Lipinski definition) is 0. The topological polar surface area (TPSA) is 51.0 Å². The molecule has 4 rings (SSSR count). The van der Waals surface area contributed by atoms with Crippen LogP contribution in [0.25, 0.3) is 11.3 Å². The number of pyridine rings is 1. The van der Waals surface area contributed by atoms with Crippen molar-refractivity contribution in [3.05, 3.63) is 72.4 Å². The van der Waals surface area contributed by atoms with Crippen molar-refractivity contribution in [3.8, 4) is 11.3 Å². The Morgan fingerprint density at radius 3 is 2.73 bits per heavy atom. The van der Waals surface area contributed by atoms with Gasteiger partial charge in [0.05, 0.1) is 29.3 Å². The van der Waals surface area contributed by atoms with E-state index in [9.17, 15) is 4.79 Å². The van der Waals surface area contributed by atoms with Crippen LogP contribution in [0, 0.1) is 6.92 Å². The first kappa shape index (κ1) is 16.5. The fourth-order valence-corrected chi connectivity index (χ4v) is 3.60. The molecule has 132 valence electrons. The Morgan fingerprint density at radius 1 is 1.15 bits per heavy atom. The predicted octanol–water partition coefficient (Wildman–Crippen LogP) is 3.73. The second-order valence-corrected chi connectivity index (χ2v) is 6.75. The van der Waals surface area contributed by atoms with Crippen LogP contribution in [0.2, 0.25) is 0 Å². The molecule has 1 fully saturated rings. The van der Waals surface area contributed by atoms with E-state index in [1.54, 1.807) is 6.20 Å². The zero-order valence-corrected chi connectivity index (χ0v) is 14.9. The van der Waals surface area contributed by atoms with Crippen LogP contribution in [-0.2, 0) is 0 Å². The van der Waals surface area contributed by atoms with E-state index < -0.39 is 0 Å². The number of aromatic nitrogens is 3. The van der Waals surface area contributed by atoms with E-state index in [2.05, 4.69) is 14.5 Å². The number of piperidine rings is 1. The van der Waals surface area contributed by atoms with Gasteiger partial charge in [0.25, 0.3) is 5.91 Å². The van der Waals surface area contributed by atoms with Gasteiger partial charge in [-0.3, -0.25) is 9.78 Å². The van der Waals surface area contributed by atoms with Gasteiger partial charge in [-0.05, 0) is 31.9 Å². The van der Waals surface area contributed by atoms with E-state index in [4.69, 9.17) is 0 Å². The molecule has 0 bridgehead atoms. The zero-order valence-electron chi connectivity index (χ0n) is 14.9. The highest BCUT2D eigenvalue weighted by molar-refractivity contribution is 5.95. The van der Waals surface area contributed by atoms with Gasteiger partial charge in [0.2, 0.25) is 0 Å². The van der Waals surface area contributed by atoms with Crippen molar-refractivity contribution in [2.75, 3.05) is 13.1 Å². The molecule has 0 aliphatic carbocycles. The van der Waals surface area contributed by atoms with Crippen molar-refractivity contribution >= 4 is 5.91 Å². The zero-order chi connectivity index (χ0) is 17.9. The fourth-order valence-electron chi connectivity index (χ4n) is 3.60. The van der Waals surface area contributed by atoms with Crippen LogP contribution in [0.1, 0.15) is 34.9 Å². The summed E-state index contributed by atoms with van der Waals surface area (Å²) < 4.78 is 2.10. The molecule has 1 unspecified atom stereocenters. The minimum absolute atomic E-state index is 0.0689. The quantitative estimate of drug-likeness (QED) is 0.726. The number of imidazole rings is 1. The SMILES string of the molecule is Cc1nc(-c2ccccc2)ccc1C(=O)N1CCCC(n2ccnc2)C1. The molecule has 1 aromatic carbocycles. The summed E-state index contributed by atoms with van der Waals surface area (Å²) in [6, 6.07) is 14.2. The average Bonchev–Trinajstić information content (AvgIpc) is 3.23. The Morgan fingerprint density at radius 2 is 2.00 bits per heavy atom. The molecule has 26 heavy (non-hydrogen) atoms. The first-order valence-electron chi connectivity index (χ1n) is 9.02. The van der Waals surface area contributed by atoms with Gasteiger partial charge in [-0.1, -0.05) is 30.3 Å². The molecular formula is C21H22N4O. The van der Waals surface area contributed by atoms with Crippen molar-refractivity contribution in [3.63, 3.8) is 0 Å². The molecule has 0 N–H and O–H groups in total. The first-order chi connectivity index (χ1) is 12.7. The minimum atomic E-state index is 0.0689. The summed E-state index contributed by atoms with van der Waals surface area (Å²) in [4.78, 5) is 23.8. The third-order valence-corrected chi connectivity index (χ3v) is 5.02. The van der Waals surface area contributed by atoms with Gasteiger partial charge in [-0.25, -0.2) is 4.98 Å². The van der Waals surface area contributed by atoms with Gasteiger partial charge >= 0.3 is 0 Å². The average molecular weight is 346 g/mol. The van der Waals surface area contributed by atoms with Crippen molar-refractivity contribution < 1.29 is 4.79 Å². The predicted molar refractivity (Wildman–Crippen MR) is 101 cm³/mol. The van der Waals surface area contributed by atoms with Crippen molar-refractivity contribution in [2.45, 2.75) is 25.8 Å². The number of amides is 1. The minimum Gasteiger partial charge on any atom is -0.337 e. The number of hydrogen-bond acceptors (Lipinski definition) is 3. The lowest BCUT2D eigenvalue weighted by molar-refractivity contribution is 0.0678. The summed E-state index contributed by atoms with van der Waals surface area (Å²) in [5.41, 5.74) is 3.43. The van der Waals surface area contributed by atoms with E-state index in [-0.39, 0.29) is 5.91 Å². The number of carbonyl (C=O) groups excluding carboxylic acids is 1. The third kappa shape index (κ3) is 3.25. The van der Waals surface area contributed by atoms with Gasteiger partial charge in [0.1, 0.15) is 0 Å². The lowest BCUT2D eigenvalue weighted by Crippen LogP contribution is -2.40. The highest BCUT2D eigenvalue weighted by atomic mass is 16.2. The number of benzene rings is 1. The molecule has 0 spiro atoms. The molecule has 3 heterocycles. The smallest absolute Gasteiger partial charge is 0.255 e. The summed E-state index contributed by atoms with van der Waals surface area (Å²) in [6.07, 6.45) is 7.67. The van der Waals surface area contributed by atoms with E-state index in [1.807, 2.05) is 66.8 Å². The lowest BCUT2D eigenvalue weighted by Gasteiger charge is -2.33. The number of likely N-dealkylation sites (tertiary alicyclic amines) is 1. The van der Waals surface area contributed by atoms with Crippen LogP contribution in [0.4, 0.5) is 0 Å². The molecular weight excluding hydrogens is 324 g/mol. The summed E-state index contributed by atoms with van der Waals surface area (Å²) in [7, 11) is 0. The molecule has 5 heteroatoms. The molecule has 3 aromatic rings.